The first-order valence-corrected chi connectivity index (χ1v) is 12.8. The van der Waals surface area contributed by atoms with E-state index in [4.69, 9.17) is 9.47 Å². The number of nitrogens with zero attached hydrogens (tertiary/aromatic N) is 1. The third kappa shape index (κ3) is 3.84. The second-order valence-electron chi connectivity index (χ2n) is 9.79. The summed E-state index contributed by atoms with van der Waals surface area (Å²) in [5.74, 6) is -3.12. The van der Waals surface area contributed by atoms with Crippen LogP contribution in [0.25, 0.3) is 21.8 Å². The Morgan fingerprint density at radius 1 is 1.08 bits per heavy atom. The summed E-state index contributed by atoms with van der Waals surface area (Å²) >= 11 is 0. The van der Waals surface area contributed by atoms with Gasteiger partial charge in [-0.1, -0.05) is 31.2 Å². The van der Waals surface area contributed by atoms with Gasteiger partial charge in [0.05, 0.1) is 19.3 Å². The lowest BCUT2D eigenvalue weighted by Crippen LogP contribution is -2.43. The van der Waals surface area contributed by atoms with Crippen LogP contribution in [0.5, 0.6) is 0 Å². The largest absolute Gasteiger partial charge is 0.468 e. The molecule has 37 heavy (non-hydrogen) atoms. The Labute approximate surface area is 216 Å². The highest BCUT2D eigenvalue weighted by atomic mass is 16.5. The van der Waals surface area contributed by atoms with Gasteiger partial charge in [-0.05, 0) is 56.9 Å². The van der Waals surface area contributed by atoms with E-state index in [1.54, 1.807) is 6.92 Å². The van der Waals surface area contributed by atoms with E-state index < -0.39 is 23.8 Å². The van der Waals surface area contributed by atoms with Gasteiger partial charge in [-0.2, -0.15) is 0 Å². The minimum absolute atomic E-state index is 0.215. The van der Waals surface area contributed by atoms with Crippen LogP contribution < -0.4 is 5.32 Å². The van der Waals surface area contributed by atoms with Crippen LogP contribution in [0.4, 0.5) is 0 Å². The average molecular weight is 501 g/mol. The average Bonchev–Trinajstić information content (AvgIpc) is 3.20. The van der Waals surface area contributed by atoms with Gasteiger partial charge < -0.3 is 19.4 Å². The lowest BCUT2D eigenvalue weighted by Gasteiger charge is -2.38. The Balaban J connectivity index is 1.76. The standard InChI is InChI=1S/C30H32N2O5/c1-6-32-22-11-9-8-10-19(22)20-15-18(12-13-23(20)32)26-25(30(35)37-7-2)17(4)31-21-14-16(3)24(29(34)36-5)28(33)27(21)26/h8-13,15-16,24,26,31H,6-7,14H2,1-5H3/t16-,24-,26+/m0/s1. The normalized spacial score (nSPS) is 21.8. The zero-order valence-corrected chi connectivity index (χ0v) is 21.9. The molecule has 0 fully saturated rings. The SMILES string of the molecule is CCOC(=O)C1=C(C)NC2=C(C(=O)[C@@H](C(=O)OC)[C@@H](C)C2)[C@@H]1c1ccc2c(c1)c1ccccc1n2CC. The van der Waals surface area contributed by atoms with Crippen LogP contribution in [0.3, 0.4) is 0 Å². The number of benzene rings is 2. The maximum Gasteiger partial charge on any atom is 0.336 e. The molecule has 5 rings (SSSR count). The summed E-state index contributed by atoms with van der Waals surface area (Å²) in [6.07, 6.45) is 0.502. The number of para-hydroxylation sites is 1. The van der Waals surface area contributed by atoms with Crippen molar-refractivity contribution in [1.29, 1.82) is 0 Å². The number of carbonyl (C=O) groups excluding carboxylic acids is 3. The summed E-state index contributed by atoms with van der Waals surface area (Å²) in [5, 5.41) is 5.47. The highest BCUT2D eigenvalue weighted by molar-refractivity contribution is 6.13. The number of aryl methyl sites for hydroxylation is 1. The van der Waals surface area contributed by atoms with Crippen LogP contribution in [-0.2, 0) is 30.4 Å². The molecule has 3 atom stereocenters. The molecule has 0 bridgehead atoms. The highest BCUT2D eigenvalue weighted by Gasteiger charge is 2.47. The zero-order chi connectivity index (χ0) is 26.4. The number of carbonyl (C=O) groups is 3. The summed E-state index contributed by atoms with van der Waals surface area (Å²) in [5.41, 5.74) is 5.29. The first-order chi connectivity index (χ1) is 17.8. The molecule has 0 saturated carbocycles. The van der Waals surface area contributed by atoms with Gasteiger partial charge in [0.15, 0.2) is 5.78 Å². The van der Waals surface area contributed by atoms with Crippen molar-refractivity contribution < 1.29 is 23.9 Å². The van der Waals surface area contributed by atoms with Crippen molar-refractivity contribution >= 4 is 39.5 Å². The molecule has 2 aliphatic rings. The van der Waals surface area contributed by atoms with E-state index in [1.807, 2.05) is 32.0 Å². The predicted molar refractivity (Wildman–Crippen MR) is 142 cm³/mol. The second-order valence-corrected chi connectivity index (χ2v) is 9.79. The van der Waals surface area contributed by atoms with E-state index in [9.17, 15) is 14.4 Å². The van der Waals surface area contributed by atoms with Crippen LogP contribution in [-0.4, -0.2) is 36.0 Å². The van der Waals surface area contributed by atoms with Crippen molar-refractivity contribution in [3.63, 3.8) is 0 Å². The molecule has 0 radical (unpaired) electrons. The van der Waals surface area contributed by atoms with E-state index in [2.05, 4.69) is 41.1 Å². The molecule has 1 aliphatic heterocycles. The van der Waals surface area contributed by atoms with Crippen molar-refractivity contribution in [2.24, 2.45) is 11.8 Å². The monoisotopic (exact) mass is 500 g/mol. The van der Waals surface area contributed by atoms with Gasteiger partial charge in [-0.25, -0.2) is 4.79 Å². The number of Topliss-reactive ketones (excluding diaryl/α,β-unsaturated/α-hetero) is 1. The number of hydrogen-bond acceptors (Lipinski definition) is 6. The zero-order valence-electron chi connectivity index (χ0n) is 21.9. The minimum atomic E-state index is -0.916. The molecule has 0 unspecified atom stereocenters. The lowest BCUT2D eigenvalue weighted by atomic mass is 9.69. The van der Waals surface area contributed by atoms with Crippen LogP contribution in [0.15, 0.2) is 65.0 Å². The Morgan fingerprint density at radius 3 is 2.51 bits per heavy atom. The smallest absolute Gasteiger partial charge is 0.336 e. The van der Waals surface area contributed by atoms with Crippen LogP contribution in [0.1, 0.15) is 45.6 Å². The number of methoxy groups -OCH3 is 1. The first kappa shape index (κ1) is 24.8. The molecule has 1 aliphatic carbocycles. The molecule has 7 nitrogen and oxygen atoms in total. The van der Waals surface area contributed by atoms with E-state index >= 15 is 0 Å². The number of rotatable bonds is 5. The molecule has 2 heterocycles. The highest BCUT2D eigenvalue weighted by Crippen LogP contribution is 2.46. The topological polar surface area (TPSA) is 86.6 Å². The molecular formula is C30H32N2O5. The van der Waals surface area contributed by atoms with E-state index in [-0.39, 0.29) is 18.3 Å². The molecule has 192 valence electrons. The van der Waals surface area contributed by atoms with E-state index in [1.165, 1.54) is 7.11 Å². The number of esters is 2. The number of ketones is 1. The summed E-state index contributed by atoms with van der Waals surface area (Å²) < 4.78 is 12.7. The van der Waals surface area contributed by atoms with Gasteiger partial charge in [-0.3, -0.25) is 9.59 Å². The number of ether oxygens (including phenoxy) is 2. The van der Waals surface area contributed by atoms with Gasteiger partial charge in [0, 0.05) is 51.2 Å². The first-order valence-electron chi connectivity index (χ1n) is 12.8. The van der Waals surface area contributed by atoms with Crippen LogP contribution in [0, 0.1) is 11.8 Å². The van der Waals surface area contributed by atoms with Crippen molar-refractivity contribution in [3.8, 4) is 0 Å². The van der Waals surface area contributed by atoms with E-state index in [0.717, 1.165) is 39.6 Å². The third-order valence-electron chi connectivity index (χ3n) is 7.68. The number of hydrogen-bond donors (Lipinski definition) is 1. The molecule has 3 aromatic rings. The third-order valence-corrected chi connectivity index (χ3v) is 7.68. The molecule has 1 aromatic heterocycles. The Kier molecular flexibility index (Phi) is 6.40. The van der Waals surface area contributed by atoms with Gasteiger partial charge in [0.2, 0.25) is 0 Å². The fourth-order valence-electron chi connectivity index (χ4n) is 6.08. The number of dihydropyridines is 1. The summed E-state index contributed by atoms with van der Waals surface area (Å²) in [7, 11) is 1.30. The van der Waals surface area contributed by atoms with Gasteiger partial charge in [-0.15, -0.1) is 0 Å². The van der Waals surface area contributed by atoms with Crippen molar-refractivity contribution in [3.05, 3.63) is 70.6 Å². The maximum atomic E-state index is 13.9. The van der Waals surface area contributed by atoms with Crippen molar-refractivity contribution in [2.45, 2.75) is 46.6 Å². The van der Waals surface area contributed by atoms with Crippen LogP contribution in [0.2, 0.25) is 0 Å². The molecule has 0 amide bonds. The van der Waals surface area contributed by atoms with Gasteiger partial charge in [0.1, 0.15) is 5.92 Å². The fraction of sp³-hybridized carbons (Fsp3) is 0.367. The fourth-order valence-corrected chi connectivity index (χ4v) is 6.08. The molecule has 0 saturated heterocycles. The predicted octanol–water partition coefficient (Wildman–Crippen LogP) is 4.99. The number of allylic oxidation sites excluding steroid dienone is 3. The quantitative estimate of drug-likeness (QED) is 0.392. The van der Waals surface area contributed by atoms with E-state index in [0.29, 0.717) is 23.3 Å². The second kappa shape index (κ2) is 9.54. The Hall–Kier alpha value is -3.87. The van der Waals surface area contributed by atoms with Gasteiger partial charge in [0.25, 0.3) is 0 Å². The number of fused-ring (bicyclic) bond motifs is 3. The molecule has 0 spiro atoms. The maximum absolute atomic E-state index is 13.9. The number of aromatic nitrogens is 1. The Morgan fingerprint density at radius 2 is 1.81 bits per heavy atom. The van der Waals surface area contributed by atoms with Crippen LogP contribution >= 0.6 is 0 Å². The molecular weight excluding hydrogens is 468 g/mol. The van der Waals surface area contributed by atoms with Crippen molar-refractivity contribution in [1.82, 2.24) is 9.88 Å². The van der Waals surface area contributed by atoms with Crippen molar-refractivity contribution in [2.75, 3.05) is 13.7 Å². The molecule has 7 heteroatoms. The minimum Gasteiger partial charge on any atom is -0.468 e. The van der Waals surface area contributed by atoms with Gasteiger partial charge >= 0.3 is 11.9 Å². The number of nitrogens with one attached hydrogen (secondary N) is 1. The molecule has 2 aromatic carbocycles. The Bertz CT molecular complexity index is 1510. The summed E-state index contributed by atoms with van der Waals surface area (Å²) in [6.45, 7) is 8.63. The lowest BCUT2D eigenvalue weighted by molar-refractivity contribution is -0.151. The molecule has 1 N–H and O–H groups in total. The summed E-state index contributed by atoms with van der Waals surface area (Å²) in [6, 6.07) is 14.4. The summed E-state index contributed by atoms with van der Waals surface area (Å²) in [4.78, 5) is 39.9.